The first kappa shape index (κ1) is 23.8. The summed E-state index contributed by atoms with van der Waals surface area (Å²) >= 11 is 6.15. The number of fused-ring (bicyclic) bond motifs is 1. The highest BCUT2D eigenvalue weighted by atomic mass is 35.5. The fourth-order valence-electron chi connectivity index (χ4n) is 3.46. The molecule has 1 aromatic heterocycles. The highest BCUT2D eigenvalue weighted by Gasteiger charge is 2.13. The number of hydrogen-bond donors (Lipinski definition) is 2. The monoisotopic (exact) mass is 490 g/mol. The van der Waals surface area contributed by atoms with Crippen LogP contribution in [0.1, 0.15) is 11.4 Å². The van der Waals surface area contributed by atoms with Gasteiger partial charge in [0.2, 0.25) is 5.75 Å². The van der Waals surface area contributed by atoms with E-state index in [0.29, 0.717) is 50.5 Å². The zero-order chi connectivity index (χ0) is 24.8. The number of urea groups is 1. The molecule has 9 heteroatoms. The van der Waals surface area contributed by atoms with Gasteiger partial charge >= 0.3 is 6.03 Å². The van der Waals surface area contributed by atoms with Crippen LogP contribution in [0, 0.1) is 0 Å². The van der Waals surface area contributed by atoms with Crippen LogP contribution in [0.5, 0.6) is 17.2 Å². The van der Waals surface area contributed by atoms with Crippen molar-refractivity contribution in [2.45, 2.75) is 0 Å². The summed E-state index contributed by atoms with van der Waals surface area (Å²) in [4.78, 5) is 21.8. The molecule has 178 valence electrons. The van der Waals surface area contributed by atoms with Crippen LogP contribution in [0.25, 0.3) is 23.1 Å². The van der Waals surface area contributed by atoms with E-state index in [9.17, 15) is 4.79 Å². The fourth-order valence-corrected chi connectivity index (χ4v) is 3.64. The summed E-state index contributed by atoms with van der Waals surface area (Å²) in [6.45, 7) is 0. The van der Waals surface area contributed by atoms with E-state index in [1.54, 1.807) is 51.7 Å². The summed E-state index contributed by atoms with van der Waals surface area (Å²) in [6.07, 6.45) is 3.56. The van der Waals surface area contributed by atoms with Gasteiger partial charge in [0.05, 0.1) is 37.6 Å². The molecule has 0 atom stereocenters. The Kier molecular flexibility index (Phi) is 7.32. The molecule has 2 N–H and O–H groups in total. The lowest BCUT2D eigenvalue weighted by Crippen LogP contribution is -2.20. The Labute approximate surface area is 207 Å². The van der Waals surface area contributed by atoms with Crippen molar-refractivity contribution in [3.05, 3.63) is 77.1 Å². The summed E-state index contributed by atoms with van der Waals surface area (Å²) in [5.74, 6) is 2.34. The molecular weight excluding hydrogens is 468 g/mol. The molecule has 0 saturated heterocycles. The second-order valence-electron chi connectivity index (χ2n) is 7.30. The molecule has 4 rings (SSSR count). The molecule has 0 radical (unpaired) electrons. The number of ether oxygens (including phenoxy) is 3. The number of rotatable bonds is 7. The number of benzene rings is 3. The number of aromatic nitrogens is 2. The van der Waals surface area contributed by atoms with Gasteiger partial charge in [0.1, 0.15) is 5.82 Å². The Morgan fingerprint density at radius 2 is 1.54 bits per heavy atom. The first-order valence-corrected chi connectivity index (χ1v) is 11.0. The summed E-state index contributed by atoms with van der Waals surface area (Å²) in [5, 5.41) is 6.67. The first-order chi connectivity index (χ1) is 17.0. The van der Waals surface area contributed by atoms with Crippen molar-refractivity contribution in [3.8, 4) is 17.2 Å². The summed E-state index contributed by atoms with van der Waals surface area (Å²) in [5.41, 5.74) is 1.97. The number of carbonyl (C=O) groups is 1. The van der Waals surface area contributed by atoms with Crippen LogP contribution < -0.4 is 24.8 Å². The minimum absolute atomic E-state index is 0.365. The lowest BCUT2D eigenvalue weighted by molar-refractivity contribution is 0.262. The van der Waals surface area contributed by atoms with E-state index < -0.39 is 6.03 Å². The number of anilines is 2. The lowest BCUT2D eigenvalue weighted by atomic mass is 10.1. The van der Waals surface area contributed by atoms with Gasteiger partial charge in [-0.25, -0.2) is 14.8 Å². The predicted octanol–water partition coefficient (Wildman–Crippen LogP) is 6.12. The van der Waals surface area contributed by atoms with Crippen molar-refractivity contribution in [3.63, 3.8) is 0 Å². The van der Waals surface area contributed by atoms with Gasteiger partial charge in [-0.2, -0.15) is 0 Å². The van der Waals surface area contributed by atoms with Crippen molar-refractivity contribution in [1.82, 2.24) is 9.97 Å². The predicted molar refractivity (Wildman–Crippen MR) is 139 cm³/mol. The Bertz CT molecular complexity index is 1380. The molecule has 1 heterocycles. The number of carbonyl (C=O) groups excluding carboxylic acids is 1. The second-order valence-corrected chi connectivity index (χ2v) is 7.71. The molecule has 0 saturated carbocycles. The Hall–Kier alpha value is -4.30. The van der Waals surface area contributed by atoms with Crippen LogP contribution in [-0.4, -0.2) is 37.3 Å². The lowest BCUT2D eigenvalue weighted by Gasteiger charge is -2.13. The number of amides is 2. The molecule has 4 aromatic rings. The number of nitrogens with zero attached hydrogens (tertiary/aromatic N) is 2. The maximum atomic E-state index is 12.7. The summed E-state index contributed by atoms with van der Waals surface area (Å²) in [6, 6.07) is 17.6. The van der Waals surface area contributed by atoms with Gasteiger partial charge in [0, 0.05) is 5.39 Å². The smallest absolute Gasteiger partial charge is 0.324 e. The molecule has 0 fully saturated rings. The first-order valence-electron chi connectivity index (χ1n) is 10.6. The summed E-state index contributed by atoms with van der Waals surface area (Å²) < 4.78 is 16.2. The molecule has 0 unspecified atom stereocenters. The molecule has 0 aliphatic heterocycles. The molecule has 3 aromatic carbocycles. The zero-order valence-electron chi connectivity index (χ0n) is 19.3. The number of halogens is 1. The van der Waals surface area contributed by atoms with E-state index in [-0.39, 0.29) is 0 Å². The van der Waals surface area contributed by atoms with Gasteiger partial charge in [0.15, 0.2) is 17.3 Å². The van der Waals surface area contributed by atoms with Crippen LogP contribution in [0.15, 0.2) is 60.7 Å². The average molecular weight is 491 g/mol. The topological polar surface area (TPSA) is 94.6 Å². The highest BCUT2D eigenvalue weighted by Crippen LogP contribution is 2.38. The number of methoxy groups -OCH3 is 3. The third-order valence-corrected chi connectivity index (χ3v) is 5.42. The third-order valence-electron chi connectivity index (χ3n) is 5.09. The van der Waals surface area contributed by atoms with Gasteiger partial charge in [-0.05, 0) is 48.0 Å². The molecule has 0 spiro atoms. The van der Waals surface area contributed by atoms with Crippen LogP contribution in [0.4, 0.5) is 16.3 Å². The maximum Gasteiger partial charge on any atom is 0.324 e. The van der Waals surface area contributed by atoms with Crippen molar-refractivity contribution in [1.29, 1.82) is 0 Å². The number of para-hydroxylation sites is 2. The molecule has 35 heavy (non-hydrogen) atoms. The minimum atomic E-state index is -0.471. The summed E-state index contributed by atoms with van der Waals surface area (Å²) in [7, 11) is 4.67. The Morgan fingerprint density at radius 3 is 2.23 bits per heavy atom. The second kappa shape index (κ2) is 10.8. The van der Waals surface area contributed by atoms with Crippen LogP contribution in [-0.2, 0) is 0 Å². The van der Waals surface area contributed by atoms with Crippen molar-refractivity contribution in [2.75, 3.05) is 32.0 Å². The van der Waals surface area contributed by atoms with Gasteiger partial charge in [0.25, 0.3) is 0 Å². The van der Waals surface area contributed by atoms with E-state index >= 15 is 0 Å². The zero-order valence-corrected chi connectivity index (χ0v) is 20.1. The quantitative estimate of drug-likeness (QED) is 0.324. The highest BCUT2D eigenvalue weighted by molar-refractivity contribution is 6.33. The number of hydrogen-bond acceptors (Lipinski definition) is 6. The molecule has 0 bridgehead atoms. The van der Waals surface area contributed by atoms with Gasteiger partial charge in [-0.15, -0.1) is 0 Å². The average Bonchev–Trinajstić information content (AvgIpc) is 2.88. The molecule has 2 amide bonds. The van der Waals surface area contributed by atoms with Crippen LogP contribution >= 0.6 is 11.6 Å². The SMILES string of the molecule is COc1cc(/C=C/c2nc(NC(=O)Nc3ccccc3Cl)c3ccccc3n2)cc(OC)c1OC. The van der Waals surface area contributed by atoms with E-state index in [0.717, 1.165) is 5.56 Å². The largest absolute Gasteiger partial charge is 0.493 e. The Morgan fingerprint density at radius 1 is 0.857 bits per heavy atom. The van der Waals surface area contributed by atoms with E-state index in [2.05, 4.69) is 20.6 Å². The van der Waals surface area contributed by atoms with Gasteiger partial charge in [-0.3, -0.25) is 5.32 Å². The fraction of sp³-hybridized carbons (Fsp3) is 0.115. The van der Waals surface area contributed by atoms with Gasteiger partial charge < -0.3 is 19.5 Å². The van der Waals surface area contributed by atoms with Crippen molar-refractivity contribution in [2.24, 2.45) is 0 Å². The van der Waals surface area contributed by atoms with Crippen LogP contribution in [0.3, 0.4) is 0 Å². The third kappa shape index (κ3) is 5.44. The van der Waals surface area contributed by atoms with Gasteiger partial charge in [-0.1, -0.05) is 41.9 Å². The number of nitrogens with one attached hydrogen (secondary N) is 2. The van der Waals surface area contributed by atoms with Crippen molar-refractivity contribution >= 4 is 52.2 Å². The molecule has 0 aliphatic carbocycles. The molecular formula is C26H23ClN4O4. The minimum Gasteiger partial charge on any atom is -0.493 e. The van der Waals surface area contributed by atoms with Crippen LogP contribution in [0.2, 0.25) is 5.02 Å². The van der Waals surface area contributed by atoms with Crippen molar-refractivity contribution < 1.29 is 19.0 Å². The van der Waals surface area contributed by atoms with E-state index in [1.807, 2.05) is 42.5 Å². The standard InChI is InChI=1S/C26H23ClN4O4/c1-33-21-14-16(15-22(34-2)24(21)35-3)12-13-23-28-19-10-6-4-8-17(19)25(30-23)31-26(32)29-20-11-7-5-9-18(20)27/h4-15H,1-3H3,(H2,28,29,30,31,32)/b13-12+. The van der Waals surface area contributed by atoms with E-state index in [4.69, 9.17) is 25.8 Å². The molecule has 0 aliphatic rings. The maximum absolute atomic E-state index is 12.7. The normalized spacial score (nSPS) is 10.9. The molecule has 8 nitrogen and oxygen atoms in total. The Balaban J connectivity index is 1.65. The van der Waals surface area contributed by atoms with E-state index in [1.165, 1.54) is 0 Å².